The summed E-state index contributed by atoms with van der Waals surface area (Å²) in [6.07, 6.45) is 3.97. The molecule has 22 heavy (non-hydrogen) atoms. The highest BCUT2D eigenvalue weighted by atomic mass is 16.2. The average Bonchev–Trinajstić information content (AvgIpc) is 2.58. The van der Waals surface area contributed by atoms with Gasteiger partial charge in [-0.3, -0.25) is 4.79 Å². The Labute approximate surface area is 136 Å². The number of piperidine rings is 1. The van der Waals surface area contributed by atoms with E-state index in [1.54, 1.807) is 0 Å². The Morgan fingerprint density at radius 1 is 1.09 bits per heavy atom. The van der Waals surface area contributed by atoms with E-state index in [0.717, 1.165) is 78.2 Å². The first-order valence-electron chi connectivity index (χ1n) is 9.19. The average molecular weight is 310 g/mol. The Morgan fingerprint density at radius 3 is 2.32 bits per heavy atom. The molecule has 5 heteroatoms. The molecular weight excluding hydrogens is 276 g/mol. The molecule has 5 nitrogen and oxygen atoms in total. The molecule has 1 N–H and O–H groups in total. The van der Waals surface area contributed by atoms with E-state index in [-0.39, 0.29) is 0 Å². The van der Waals surface area contributed by atoms with E-state index >= 15 is 0 Å². The predicted molar refractivity (Wildman–Crippen MR) is 91.1 cm³/mol. The van der Waals surface area contributed by atoms with Crippen molar-refractivity contribution in [3.63, 3.8) is 0 Å². The van der Waals surface area contributed by atoms with Crippen LogP contribution < -0.4 is 5.32 Å². The van der Waals surface area contributed by atoms with Crippen LogP contribution in [-0.4, -0.2) is 85.6 Å². The number of hydrogen-bond acceptors (Lipinski definition) is 4. The maximum absolute atomic E-state index is 12.7. The van der Waals surface area contributed by atoms with E-state index in [0.29, 0.717) is 18.4 Å². The predicted octanol–water partition coefficient (Wildman–Crippen LogP) is 1.00. The number of nitrogens with one attached hydrogen (secondary N) is 1. The number of amides is 1. The van der Waals surface area contributed by atoms with E-state index in [9.17, 15) is 4.79 Å². The molecule has 0 aliphatic carbocycles. The van der Waals surface area contributed by atoms with E-state index < -0.39 is 0 Å². The lowest BCUT2D eigenvalue weighted by Gasteiger charge is -2.36. The SMILES string of the molecule is CCCN(C(=O)CCN1CCN(CC)CC1)C1CCNCC1. The monoisotopic (exact) mass is 310 g/mol. The van der Waals surface area contributed by atoms with Crippen molar-refractivity contribution in [1.82, 2.24) is 20.0 Å². The summed E-state index contributed by atoms with van der Waals surface area (Å²) in [5.74, 6) is 0.367. The van der Waals surface area contributed by atoms with Gasteiger partial charge in [-0.15, -0.1) is 0 Å². The maximum Gasteiger partial charge on any atom is 0.224 e. The zero-order valence-electron chi connectivity index (χ0n) is 14.5. The van der Waals surface area contributed by atoms with Gasteiger partial charge in [0.1, 0.15) is 0 Å². The second-order valence-corrected chi connectivity index (χ2v) is 6.59. The Balaban J connectivity index is 1.76. The highest BCUT2D eigenvalue weighted by Crippen LogP contribution is 2.14. The molecule has 0 bridgehead atoms. The van der Waals surface area contributed by atoms with Crippen molar-refractivity contribution >= 4 is 5.91 Å². The lowest BCUT2D eigenvalue weighted by Crippen LogP contribution is -2.49. The zero-order valence-corrected chi connectivity index (χ0v) is 14.5. The van der Waals surface area contributed by atoms with Crippen LogP contribution in [0.25, 0.3) is 0 Å². The van der Waals surface area contributed by atoms with Crippen LogP contribution in [0.1, 0.15) is 39.5 Å². The van der Waals surface area contributed by atoms with Gasteiger partial charge in [0.15, 0.2) is 0 Å². The molecule has 0 atom stereocenters. The Morgan fingerprint density at radius 2 is 1.73 bits per heavy atom. The lowest BCUT2D eigenvalue weighted by atomic mass is 10.0. The minimum absolute atomic E-state index is 0.367. The fourth-order valence-corrected chi connectivity index (χ4v) is 3.60. The molecule has 0 unspecified atom stereocenters. The Kier molecular flexibility index (Phi) is 7.63. The Bertz CT molecular complexity index is 323. The van der Waals surface area contributed by atoms with E-state index in [1.807, 2.05) is 0 Å². The molecule has 2 heterocycles. The molecule has 2 aliphatic heterocycles. The molecule has 0 spiro atoms. The molecule has 2 fully saturated rings. The van der Waals surface area contributed by atoms with Crippen molar-refractivity contribution in [1.29, 1.82) is 0 Å². The molecule has 0 aromatic heterocycles. The number of rotatable bonds is 7. The highest BCUT2D eigenvalue weighted by Gasteiger charge is 2.25. The van der Waals surface area contributed by atoms with Gasteiger partial charge in [0, 0.05) is 51.7 Å². The second-order valence-electron chi connectivity index (χ2n) is 6.59. The summed E-state index contributed by atoms with van der Waals surface area (Å²) in [6.45, 7) is 14.0. The molecule has 2 aliphatic rings. The third-order valence-electron chi connectivity index (χ3n) is 5.09. The van der Waals surface area contributed by atoms with Crippen LogP contribution in [0.15, 0.2) is 0 Å². The highest BCUT2D eigenvalue weighted by molar-refractivity contribution is 5.76. The minimum atomic E-state index is 0.367. The van der Waals surface area contributed by atoms with Gasteiger partial charge in [-0.1, -0.05) is 13.8 Å². The summed E-state index contributed by atoms with van der Waals surface area (Å²) >= 11 is 0. The van der Waals surface area contributed by atoms with Gasteiger partial charge in [0.25, 0.3) is 0 Å². The third-order valence-corrected chi connectivity index (χ3v) is 5.09. The maximum atomic E-state index is 12.7. The first-order valence-corrected chi connectivity index (χ1v) is 9.19. The quantitative estimate of drug-likeness (QED) is 0.761. The largest absolute Gasteiger partial charge is 0.340 e. The molecule has 128 valence electrons. The van der Waals surface area contributed by atoms with Crippen LogP contribution >= 0.6 is 0 Å². The molecule has 2 saturated heterocycles. The van der Waals surface area contributed by atoms with Crippen molar-refractivity contribution < 1.29 is 4.79 Å². The van der Waals surface area contributed by atoms with Crippen LogP contribution in [-0.2, 0) is 4.79 Å². The van der Waals surface area contributed by atoms with Crippen molar-refractivity contribution in [3.8, 4) is 0 Å². The van der Waals surface area contributed by atoms with Crippen LogP contribution in [0.2, 0.25) is 0 Å². The molecule has 0 saturated carbocycles. The number of nitrogens with zero attached hydrogens (tertiary/aromatic N) is 3. The number of hydrogen-bond donors (Lipinski definition) is 1. The molecule has 0 aromatic rings. The topological polar surface area (TPSA) is 38.8 Å². The van der Waals surface area contributed by atoms with Gasteiger partial charge in [-0.25, -0.2) is 0 Å². The van der Waals surface area contributed by atoms with Gasteiger partial charge in [-0.2, -0.15) is 0 Å². The summed E-state index contributed by atoms with van der Waals surface area (Å²) in [6, 6.07) is 0.464. The third kappa shape index (κ3) is 5.21. The summed E-state index contributed by atoms with van der Waals surface area (Å²) in [7, 11) is 0. The van der Waals surface area contributed by atoms with Gasteiger partial charge in [0.2, 0.25) is 5.91 Å². The summed E-state index contributed by atoms with van der Waals surface area (Å²) < 4.78 is 0. The number of carbonyl (C=O) groups is 1. The van der Waals surface area contributed by atoms with Gasteiger partial charge < -0.3 is 20.0 Å². The molecule has 2 rings (SSSR count). The minimum Gasteiger partial charge on any atom is -0.340 e. The zero-order chi connectivity index (χ0) is 15.8. The van der Waals surface area contributed by atoms with Gasteiger partial charge >= 0.3 is 0 Å². The van der Waals surface area contributed by atoms with Crippen molar-refractivity contribution in [2.24, 2.45) is 0 Å². The first-order chi connectivity index (χ1) is 10.7. The van der Waals surface area contributed by atoms with Crippen LogP contribution in [0.4, 0.5) is 0 Å². The van der Waals surface area contributed by atoms with E-state index in [1.165, 1.54) is 0 Å². The molecule has 1 amide bonds. The number of likely N-dealkylation sites (N-methyl/N-ethyl adjacent to an activating group) is 1. The number of piperazine rings is 1. The summed E-state index contributed by atoms with van der Waals surface area (Å²) in [4.78, 5) is 19.8. The van der Waals surface area contributed by atoms with Crippen molar-refractivity contribution in [2.45, 2.75) is 45.6 Å². The normalized spacial score (nSPS) is 21.9. The van der Waals surface area contributed by atoms with Crippen molar-refractivity contribution in [2.75, 3.05) is 58.9 Å². The fraction of sp³-hybridized carbons (Fsp3) is 0.941. The van der Waals surface area contributed by atoms with Gasteiger partial charge in [0.05, 0.1) is 0 Å². The number of carbonyl (C=O) groups excluding carboxylic acids is 1. The Hall–Kier alpha value is -0.650. The van der Waals surface area contributed by atoms with Crippen LogP contribution in [0.3, 0.4) is 0 Å². The molecule has 0 radical (unpaired) electrons. The lowest BCUT2D eigenvalue weighted by molar-refractivity contribution is -0.134. The van der Waals surface area contributed by atoms with Gasteiger partial charge in [-0.05, 0) is 38.9 Å². The second kappa shape index (κ2) is 9.48. The van der Waals surface area contributed by atoms with E-state index in [4.69, 9.17) is 0 Å². The van der Waals surface area contributed by atoms with E-state index in [2.05, 4.69) is 33.9 Å². The first kappa shape index (κ1) is 17.7. The molecular formula is C17H34N4O. The molecule has 0 aromatic carbocycles. The summed E-state index contributed by atoms with van der Waals surface area (Å²) in [5.41, 5.74) is 0. The van der Waals surface area contributed by atoms with Crippen molar-refractivity contribution in [3.05, 3.63) is 0 Å². The summed E-state index contributed by atoms with van der Waals surface area (Å²) in [5, 5.41) is 3.39. The standard InChI is InChI=1S/C17H34N4O/c1-3-10-21(16-5-8-18-9-6-16)17(22)7-11-20-14-12-19(4-2)13-15-20/h16,18H,3-15H2,1-2H3. The fourth-order valence-electron chi connectivity index (χ4n) is 3.60. The smallest absolute Gasteiger partial charge is 0.224 e. The van der Waals surface area contributed by atoms with Crippen LogP contribution in [0, 0.1) is 0 Å². The van der Waals surface area contributed by atoms with Crippen LogP contribution in [0.5, 0.6) is 0 Å².